The second-order valence-electron chi connectivity index (χ2n) is 5.17. The summed E-state index contributed by atoms with van der Waals surface area (Å²) in [6, 6.07) is 1.27. The van der Waals surface area contributed by atoms with Gasteiger partial charge in [-0.2, -0.15) is 0 Å². The van der Waals surface area contributed by atoms with Crippen LogP contribution < -0.4 is 5.63 Å². The Bertz CT molecular complexity index is 572. The fourth-order valence-electron chi connectivity index (χ4n) is 2.16. The zero-order chi connectivity index (χ0) is 16.5. The Morgan fingerprint density at radius 3 is 2.32 bits per heavy atom. The summed E-state index contributed by atoms with van der Waals surface area (Å²) in [5, 5.41) is 9.67. The molecule has 1 aromatic heterocycles. The number of rotatable bonds is 9. The molecule has 1 heterocycles. The van der Waals surface area contributed by atoms with Crippen molar-refractivity contribution in [3.63, 3.8) is 0 Å². The second-order valence-corrected chi connectivity index (χ2v) is 5.17. The van der Waals surface area contributed by atoms with Crippen molar-refractivity contribution in [1.82, 2.24) is 0 Å². The minimum Gasteiger partial charge on any atom is -0.507 e. The number of unbranched alkanes of at least 4 members (excludes halogenated alkanes) is 4. The smallest absolute Gasteiger partial charge is 0.350 e. The van der Waals surface area contributed by atoms with E-state index >= 15 is 0 Å². The van der Waals surface area contributed by atoms with E-state index in [1.807, 2.05) is 0 Å². The monoisotopic (exact) mass is 310 g/mol. The Morgan fingerprint density at radius 2 is 1.73 bits per heavy atom. The summed E-state index contributed by atoms with van der Waals surface area (Å²) in [4.78, 5) is 34.4. The Balaban J connectivity index is 2.30. The molecule has 0 spiro atoms. The SMILES string of the molecule is COC(=O)CCCCCCCC(=O)c1c(O)cc(C)oc1=O. The maximum atomic E-state index is 11.9. The Morgan fingerprint density at radius 1 is 1.14 bits per heavy atom. The van der Waals surface area contributed by atoms with Gasteiger partial charge in [-0.1, -0.05) is 19.3 Å². The van der Waals surface area contributed by atoms with Gasteiger partial charge < -0.3 is 14.3 Å². The van der Waals surface area contributed by atoms with E-state index in [4.69, 9.17) is 4.42 Å². The number of aryl methyl sites for hydroxylation is 1. The molecular weight excluding hydrogens is 288 g/mol. The molecule has 0 fully saturated rings. The van der Waals surface area contributed by atoms with Crippen molar-refractivity contribution < 1.29 is 23.8 Å². The topological polar surface area (TPSA) is 93.8 Å². The van der Waals surface area contributed by atoms with Crippen molar-refractivity contribution >= 4 is 11.8 Å². The lowest BCUT2D eigenvalue weighted by atomic mass is 10.0. The number of aromatic hydroxyl groups is 1. The van der Waals surface area contributed by atoms with E-state index in [1.54, 1.807) is 0 Å². The van der Waals surface area contributed by atoms with Gasteiger partial charge >= 0.3 is 11.6 Å². The van der Waals surface area contributed by atoms with E-state index in [1.165, 1.54) is 20.1 Å². The highest BCUT2D eigenvalue weighted by molar-refractivity contribution is 5.97. The fraction of sp³-hybridized carbons (Fsp3) is 0.562. The normalized spacial score (nSPS) is 10.5. The van der Waals surface area contributed by atoms with Crippen molar-refractivity contribution in [3.05, 3.63) is 27.8 Å². The first-order valence-electron chi connectivity index (χ1n) is 7.39. The summed E-state index contributed by atoms with van der Waals surface area (Å²) in [5.41, 5.74) is -1.06. The number of esters is 1. The molecule has 0 bridgehead atoms. The molecule has 1 N–H and O–H groups in total. The standard InChI is InChI=1S/C16H22O6/c1-11-10-13(18)15(16(20)22-11)12(17)8-6-4-3-5-7-9-14(19)21-2/h10,18H,3-9H2,1-2H3. The van der Waals surface area contributed by atoms with Crippen LogP contribution in [0.25, 0.3) is 0 Å². The van der Waals surface area contributed by atoms with Crippen LogP contribution in [-0.2, 0) is 9.53 Å². The number of hydrogen-bond donors (Lipinski definition) is 1. The van der Waals surface area contributed by atoms with Crippen LogP contribution in [0.5, 0.6) is 5.75 Å². The fourth-order valence-corrected chi connectivity index (χ4v) is 2.16. The maximum absolute atomic E-state index is 11.9. The molecule has 1 aromatic rings. The van der Waals surface area contributed by atoms with Gasteiger partial charge in [-0.05, 0) is 19.8 Å². The van der Waals surface area contributed by atoms with Gasteiger partial charge in [0.25, 0.3) is 0 Å². The Hall–Kier alpha value is -2.11. The van der Waals surface area contributed by atoms with Crippen LogP contribution in [0.15, 0.2) is 15.3 Å². The number of ketones is 1. The van der Waals surface area contributed by atoms with E-state index in [0.717, 1.165) is 25.7 Å². The van der Waals surface area contributed by atoms with Crippen molar-refractivity contribution in [1.29, 1.82) is 0 Å². The molecule has 0 atom stereocenters. The van der Waals surface area contributed by atoms with Gasteiger partial charge in [-0.3, -0.25) is 9.59 Å². The Labute approximate surface area is 129 Å². The molecule has 22 heavy (non-hydrogen) atoms. The van der Waals surface area contributed by atoms with Gasteiger partial charge in [0, 0.05) is 18.9 Å². The number of ether oxygens (including phenoxy) is 1. The van der Waals surface area contributed by atoms with Gasteiger partial charge in [0.05, 0.1) is 7.11 Å². The molecular formula is C16H22O6. The summed E-state index contributed by atoms with van der Waals surface area (Å²) >= 11 is 0. The van der Waals surface area contributed by atoms with Gasteiger partial charge in [0.15, 0.2) is 5.78 Å². The average molecular weight is 310 g/mol. The van der Waals surface area contributed by atoms with Crippen LogP contribution >= 0.6 is 0 Å². The molecule has 0 unspecified atom stereocenters. The molecule has 0 amide bonds. The first kappa shape index (κ1) is 17.9. The van der Waals surface area contributed by atoms with Gasteiger partial charge in [0.2, 0.25) is 0 Å². The summed E-state index contributed by atoms with van der Waals surface area (Å²) in [7, 11) is 1.37. The molecule has 122 valence electrons. The molecule has 6 heteroatoms. The number of carbonyl (C=O) groups excluding carboxylic acids is 2. The quantitative estimate of drug-likeness (QED) is 0.428. The van der Waals surface area contributed by atoms with Crippen molar-refractivity contribution in [2.45, 2.75) is 51.9 Å². The summed E-state index contributed by atoms with van der Waals surface area (Å²) < 4.78 is 9.37. The third-order valence-electron chi connectivity index (χ3n) is 3.35. The molecule has 0 aliphatic rings. The minimum absolute atomic E-state index is 0.193. The second kappa shape index (κ2) is 9.02. The summed E-state index contributed by atoms with van der Waals surface area (Å²) in [6.45, 7) is 1.53. The van der Waals surface area contributed by atoms with Crippen LogP contribution in [0, 0.1) is 6.92 Å². The highest BCUT2D eigenvalue weighted by atomic mass is 16.5. The van der Waals surface area contributed by atoms with E-state index in [9.17, 15) is 19.5 Å². The molecule has 0 radical (unpaired) electrons. The van der Waals surface area contributed by atoms with Crippen LogP contribution in [0.1, 0.15) is 61.1 Å². The van der Waals surface area contributed by atoms with Gasteiger partial charge in [0.1, 0.15) is 17.1 Å². The van der Waals surface area contributed by atoms with Crippen LogP contribution in [0.3, 0.4) is 0 Å². The van der Waals surface area contributed by atoms with Crippen molar-refractivity contribution in [3.8, 4) is 5.75 Å². The van der Waals surface area contributed by atoms with Crippen molar-refractivity contribution in [2.75, 3.05) is 7.11 Å². The van der Waals surface area contributed by atoms with E-state index in [-0.39, 0.29) is 29.5 Å². The zero-order valence-corrected chi connectivity index (χ0v) is 13.0. The first-order valence-corrected chi connectivity index (χ1v) is 7.39. The van der Waals surface area contributed by atoms with Gasteiger partial charge in [-0.15, -0.1) is 0 Å². The number of Topliss-reactive ketones (excluding diaryl/α,β-unsaturated/α-hetero) is 1. The average Bonchev–Trinajstić information content (AvgIpc) is 2.44. The predicted molar refractivity (Wildman–Crippen MR) is 80.0 cm³/mol. The lowest BCUT2D eigenvalue weighted by Crippen LogP contribution is -2.14. The summed E-state index contributed by atoms with van der Waals surface area (Å²) in [5.74, 6) is -0.668. The third kappa shape index (κ3) is 5.71. The molecule has 6 nitrogen and oxygen atoms in total. The predicted octanol–water partition coefficient (Wildman–Crippen LogP) is 2.74. The van der Waals surface area contributed by atoms with Crippen molar-refractivity contribution in [2.24, 2.45) is 0 Å². The first-order chi connectivity index (χ1) is 10.5. The third-order valence-corrected chi connectivity index (χ3v) is 3.35. The van der Waals surface area contributed by atoms with Crippen LogP contribution in [-0.4, -0.2) is 24.0 Å². The minimum atomic E-state index is -0.791. The Kier molecular flexibility index (Phi) is 7.36. The number of carbonyl (C=O) groups is 2. The van der Waals surface area contributed by atoms with Crippen LogP contribution in [0.4, 0.5) is 0 Å². The highest BCUT2D eigenvalue weighted by Gasteiger charge is 2.17. The molecule has 0 aromatic carbocycles. The molecule has 0 aliphatic carbocycles. The molecule has 0 saturated carbocycles. The maximum Gasteiger partial charge on any atom is 0.350 e. The van der Waals surface area contributed by atoms with E-state index in [2.05, 4.69) is 4.74 Å². The van der Waals surface area contributed by atoms with Gasteiger partial charge in [-0.25, -0.2) is 4.79 Å². The number of hydrogen-bond acceptors (Lipinski definition) is 6. The molecule has 0 aliphatic heterocycles. The largest absolute Gasteiger partial charge is 0.507 e. The van der Waals surface area contributed by atoms with Crippen LogP contribution in [0.2, 0.25) is 0 Å². The molecule has 0 saturated heterocycles. The zero-order valence-electron chi connectivity index (χ0n) is 13.0. The lowest BCUT2D eigenvalue weighted by molar-refractivity contribution is -0.140. The van der Waals surface area contributed by atoms with E-state index < -0.39 is 11.4 Å². The van der Waals surface area contributed by atoms with E-state index in [0.29, 0.717) is 12.8 Å². The summed E-state index contributed by atoms with van der Waals surface area (Å²) in [6.07, 6.45) is 4.61. The molecule has 1 rings (SSSR count). The highest BCUT2D eigenvalue weighted by Crippen LogP contribution is 2.17. The number of methoxy groups -OCH3 is 1. The lowest BCUT2D eigenvalue weighted by Gasteiger charge is -2.04.